The highest BCUT2D eigenvalue weighted by Crippen LogP contribution is 2.21. The molecule has 0 aliphatic carbocycles. The number of hydrogen-bond acceptors (Lipinski definition) is 6. The fourth-order valence-corrected chi connectivity index (χ4v) is 2.96. The Bertz CT molecular complexity index is 1260. The predicted molar refractivity (Wildman–Crippen MR) is 109 cm³/mol. The normalized spacial score (nSPS) is 10.7. The SMILES string of the molecule is O=C(COC(=O)c1ccc2nc(-c3ccccc3)[nH]c2c1)c1cccc([N+](=O)[O-])c1. The van der Waals surface area contributed by atoms with Gasteiger partial charge in [0.15, 0.2) is 6.61 Å². The fourth-order valence-electron chi connectivity index (χ4n) is 2.96. The zero-order valence-corrected chi connectivity index (χ0v) is 15.6. The lowest BCUT2D eigenvalue weighted by Gasteiger charge is -2.04. The maximum Gasteiger partial charge on any atom is 0.338 e. The first kappa shape index (κ1) is 19.0. The quantitative estimate of drug-likeness (QED) is 0.224. The standard InChI is InChI=1S/C22H15N3O5/c26-20(15-7-4-8-17(11-15)25(28)29)13-30-22(27)16-9-10-18-19(12-16)24-21(23-18)14-5-2-1-3-6-14/h1-12H,13H2,(H,23,24). The smallest absolute Gasteiger partial charge is 0.338 e. The van der Waals surface area contributed by atoms with Crippen molar-refractivity contribution in [2.75, 3.05) is 6.61 Å². The van der Waals surface area contributed by atoms with E-state index in [2.05, 4.69) is 9.97 Å². The number of carbonyl (C=O) groups excluding carboxylic acids is 2. The monoisotopic (exact) mass is 401 g/mol. The van der Waals surface area contributed by atoms with Gasteiger partial charge in [0.2, 0.25) is 5.78 Å². The number of esters is 1. The number of H-pyrrole nitrogens is 1. The number of ketones is 1. The van der Waals surface area contributed by atoms with Crippen molar-refractivity contribution in [2.24, 2.45) is 0 Å². The number of rotatable bonds is 6. The average Bonchev–Trinajstić information content (AvgIpc) is 3.21. The highest BCUT2D eigenvalue weighted by molar-refractivity contribution is 6.00. The van der Waals surface area contributed by atoms with Gasteiger partial charge < -0.3 is 9.72 Å². The topological polar surface area (TPSA) is 115 Å². The largest absolute Gasteiger partial charge is 0.454 e. The lowest BCUT2D eigenvalue weighted by atomic mass is 10.1. The van der Waals surface area contributed by atoms with Crippen LogP contribution in [0.4, 0.5) is 5.69 Å². The van der Waals surface area contributed by atoms with Crippen LogP contribution in [0.3, 0.4) is 0 Å². The molecule has 0 saturated heterocycles. The molecule has 0 aliphatic heterocycles. The van der Waals surface area contributed by atoms with Crippen molar-refractivity contribution >= 4 is 28.5 Å². The number of fused-ring (bicyclic) bond motifs is 1. The third-order valence-electron chi connectivity index (χ3n) is 4.48. The van der Waals surface area contributed by atoms with Crippen LogP contribution in [-0.4, -0.2) is 33.3 Å². The first-order valence-electron chi connectivity index (χ1n) is 9.01. The summed E-state index contributed by atoms with van der Waals surface area (Å²) in [6, 6.07) is 19.7. The number of hydrogen-bond donors (Lipinski definition) is 1. The Kier molecular flexibility index (Phi) is 5.04. The maximum absolute atomic E-state index is 12.4. The maximum atomic E-state index is 12.4. The second-order valence-corrected chi connectivity index (χ2v) is 6.49. The van der Waals surface area contributed by atoms with Crippen molar-refractivity contribution in [1.82, 2.24) is 9.97 Å². The molecule has 8 heteroatoms. The molecule has 0 atom stereocenters. The molecule has 3 aromatic carbocycles. The molecule has 1 heterocycles. The van der Waals surface area contributed by atoms with E-state index >= 15 is 0 Å². The number of nitro benzene ring substituents is 1. The molecular weight excluding hydrogens is 386 g/mol. The van der Waals surface area contributed by atoms with Gasteiger partial charge in [0.1, 0.15) is 5.82 Å². The molecule has 0 bridgehead atoms. The number of carbonyl (C=O) groups is 2. The van der Waals surface area contributed by atoms with Gasteiger partial charge in [-0.3, -0.25) is 14.9 Å². The third-order valence-corrected chi connectivity index (χ3v) is 4.48. The first-order valence-corrected chi connectivity index (χ1v) is 9.01. The number of benzene rings is 3. The minimum absolute atomic E-state index is 0.105. The van der Waals surface area contributed by atoms with Gasteiger partial charge in [0.05, 0.1) is 21.5 Å². The minimum atomic E-state index is -0.674. The van der Waals surface area contributed by atoms with Crippen LogP contribution >= 0.6 is 0 Å². The van der Waals surface area contributed by atoms with Crippen LogP contribution in [0.2, 0.25) is 0 Å². The zero-order valence-electron chi connectivity index (χ0n) is 15.6. The van der Waals surface area contributed by atoms with Crippen molar-refractivity contribution in [3.05, 3.63) is 94.0 Å². The van der Waals surface area contributed by atoms with E-state index in [1.807, 2.05) is 30.3 Å². The summed E-state index contributed by atoms with van der Waals surface area (Å²) in [7, 11) is 0. The molecule has 0 spiro atoms. The number of imidazole rings is 1. The van der Waals surface area contributed by atoms with Gasteiger partial charge in [0.25, 0.3) is 5.69 Å². The molecule has 0 saturated carbocycles. The van der Waals surface area contributed by atoms with E-state index in [4.69, 9.17) is 4.74 Å². The Morgan fingerprint density at radius 2 is 1.77 bits per heavy atom. The number of nitrogens with zero attached hydrogens (tertiary/aromatic N) is 2. The molecule has 4 aromatic rings. The highest BCUT2D eigenvalue weighted by Gasteiger charge is 2.16. The molecule has 0 unspecified atom stereocenters. The van der Waals surface area contributed by atoms with Crippen molar-refractivity contribution in [3.63, 3.8) is 0 Å². The third kappa shape index (κ3) is 3.93. The fraction of sp³-hybridized carbons (Fsp3) is 0.0455. The van der Waals surface area contributed by atoms with E-state index in [1.165, 1.54) is 18.2 Å². The molecule has 0 radical (unpaired) electrons. The van der Waals surface area contributed by atoms with Gasteiger partial charge >= 0.3 is 5.97 Å². The second kappa shape index (κ2) is 7.96. The Morgan fingerprint density at radius 1 is 0.967 bits per heavy atom. The van der Waals surface area contributed by atoms with Crippen LogP contribution in [0.15, 0.2) is 72.8 Å². The number of aromatic amines is 1. The van der Waals surface area contributed by atoms with Gasteiger partial charge in [-0.2, -0.15) is 0 Å². The van der Waals surface area contributed by atoms with E-state index in [0.29, 0.717) is 16.9 Å². The molecule has 4 rings (SSSR count). The Balaban J connectivity index is 1.47. The number of nitro groups is 1. The summed E-state index contributed by atoms with van der Waals surface area (Å²) >= 11 is 0. The average molecular weight is 401 g/mol. The molecule has 148 valence electrons. The number of aromatic nitrogens is 2. The molecule has 1 N–H and O–H groups in total. The summed E-state index contributed by atoms with van der Waals surface area (Å²) in [5, 5.41) is 10.8. The molecule has 1 aromatic heterocycles. The van der Waals surface area contributed by atoms with Crippen LogP contribution in [0.25, 0.3) is 22.4 Å². The number of ether oxygens (including phenoxy) is 1. The van der Waals surface area contributed by atoms with Crippen molar-refractivity contribution in [2.45, 2.75) is 0 Å². The number of non-ortho nitro benzene ring substituents is 1. The van der Waals surface area contributed by atoms with Crippen LogP contribution < -0.4 is 0 Å². The van der Waals surface area contributed by atoms with Crippen molar-refractivity contribution < 1.29 is 19.2 Å². The molecular formula is C22H15N3O5. The van der Waals surface area contributed by atoms with E-state index in [0.717, 1.165) is 11.6 Å². The van der Waals surface area contributed by atoms with Gasteiger partial charge in [-0.15, -0.1) is 0 Å². The number of Topliss-reactive ketones (excluding diaryl/α,β-unsaturated/α-hetero) is 1. The summed E-state index contributed by atoms with van der Waals surface area (Å²) in [6.07, 6.45) is 0. The Labute approximate surface area is 170 Å². The summed E-state index contributed by atoms with van der Waals surface area (Å²) in [6.45, 7) is -0.518. The van der Waals surface area contributed by atoms with E-state index in [-0.39, 0.29) is 16.8 Å². The predicted octanol–water partition coefficient (Wildman–Crippen LogP) is 4.18. The van der Waals surface area contributed by atoms with Gasteiger partial charge in [0, 0.05) is 23.3 Å². The van der Waals surface area contributed by atoms with Crippen molar-refractivity contribution in [3.8, 4) is 11.4 Å². The molecule has 8 nitrogen and oxygen atoms in total. The lowest BCUT2D eigenvalue weighted by Crippen LogP contribution is -2.14. The van der Waals surface area contributed by atoms with Gasteiger partial charge in [-0.1, -0.05) is 42.5 Å². The molecule has 30 heavy (non-hydrogen) atoms. The van der Waals surface area contributed by atoms with Crippen LogP contribution in [0.5, 0.6) is 0 Å². The summed E-state index contributed by atoms with van der Waals surface area (Å²) < 4.78 is 5.09. The van der Waals surface area contributed by atoms with Gasteiger partial charge in [-0.05, 0) is 18.2 Å². The van der Waals surface area contributed by atoms with E-state index in [1.54, 1.807) is 18.2 Å². The summed E-state index contributed by atoms with van der Waals surface area (Å²) in [4.78, 5) is 42.5. The Hall–Kier alpha value is -4.33. The zero-order chi connectivity index (χ0) is 21.1. The van der Waals surface area contributed by atoms with Crippen LogP contribution in [-0.2, 0) is 4.74 Å². The van der Waals surface area contributed by atoms with Gasteiger partial charge in [-0.25, -0.2) is 9.78 Å². The molecule has 0 aliphatic rings. The summed E-state index contributed by atoms with van der Waals surface area (Å²) in [5.41, 5.74) is 2.43. The second-order valence-electron chi connectivity index (χ2n) is 6.49. The minimum Gasteiger partial charge on any atom is -0.454 e. The van der Waals surface area contributed by atoms with E-state index in [9.17, 15) is 19.7 Å². The first-order chi connectivity index (χ1) is 14.5. The van der Waals surface area contributed by atoms with Crippen molar-refractivity contribution in [1.29, 1.82) is 0 Å². The molecule has 0 fully saturated rings. The summed E-state index contributed by atoms with van der Waals surface area (Å²) in [5.74, 6) is -0.524. The lowest BCUT2D eigenvalue weighted by molar-refractivity contribution is -0.384. The van der Waals surface area contributed by atoms with E-state index < -0.39 is 23.3 Å². The Morgan fingerprint density at radius 3 is 2.53 bits per heavy atom. The van der Waals surface area contributed by atoms with Crippen LogP contribution in [0, 0.1) is 10.1 Å². The number of nitrogens with one attached hydrogen (secondary N) is 1. The molecule has 0 amide bonds. The highest BCUT2D eigenvalue weighted by atomic mass is 16.6. The van der Waals surface area contributed by atoms with Crippen LogP contribution in [0.1, 0.15) is 20.7 Å².